The molecule has 0 saturated carbocycles. The van der Waals surface area contributed by atoms with Gasteiger partial charge in [-0.3, -0.25) is 4.90 Å². The molecule has 3 aromatic rings. The molecule has 9 heteroatoms. The van der Waals surface area contributed by atoms with E-state index < -0.39 is 11.9 Å². The number of ether oxygens (including phenoxy) is 2. The van der Waals surface area contributed by atoms with Crippen molar-refractivity contribution in [2.75, 3.05) is 19.9 Å². The van der Waals surface area contributed by atoms with E-state index in [9.17, 15) is 13.2 Å². The van der Waals surface area contributed by atoms with Gasteiger partial charge in [0.15, 0.2) is 17.1 Å². The van der Waals surface area contributed by atoms with E-state index >= 15 is 0 Å². The number of benzene rings is 1. The van der Waals surface area contributed by atoms with E-state index in [4.69, 9.17) is 9.47 Å². The molecular formula is C22H23F3N4O2. The van der Waals surface area contributed by atoms with Crippen LogP contribution in [0.4, 0.5) is 13.2 Å². The highest BCUT2D eigenvalue weighted by molar-refractivity contribution is 5.48. The third-order valence-electron chi connectivity index (χ3n) is 6.01. The zero-order valence-corrected chi connectivity index (χ0v) is 17.4. The number of nitrogens with zero attached hydrogens (tertiary/aromatic N) is 4. The highest BCUT2D eigenvalue weighted by atomic mass is 19.4. The van der Waals surface area contributed by atoms with Gasteiger partial charge in [-0.1, -0.05) is 0 Å². The van der Waals surface area contributed by atoms with Crippen LogP contribution >= 0.6 is 0 Å². The second kappa shape index (κ2) is 7.40. The number of hydrogen-bond acceptors (Lipinski definition) is 5. The lowest BCUT2D eigenvalue weighted by Crippen LogP contribution is -2.34. The summed E-state index contributed by atoms with van der Waals surface area (Å²) in [7, 11) is 0. The predicted octanol–water partition coefficient (Wildman–Crippen LogP) is 4.47. The fourth-order valence-corrected chi connectivity index (χ4v) is 4.46. The van der Waals surface area contributed by atoms with Crippen LogP contribution in [0.3, 0.4) is 0 Å². The molecule has 2 aliphatic heterocycles. The Balaban J connectivity index is 1.39. The number of halogens is 3. The quantitative estimate of drug-likeness (QED) is 0.611. The molecule has 6 nitrogen and oxygen atoms in total. The molecule has 0 bridgehead atoms. The van der Waals surface area contributed by atoms with Gasteiger partial charge in [0.05, 0.1) is 5.69 Å². The van der Waals surface area contributed by atoms with Crippen LogP contribution in [-0.4, -0.2) is 39.4 Å². The van der Waals surface area contributed by atoms with Crippen molar-refractivity contribution >= 4 is 5.65 Å². The molecule has 31 heavy (non-hydrogen) atoms. The lowest BCUT2D eigenvalue weighted by Gasteiger charge is -2.32. The number of aryl methyl sites for hydroxylation is 2. The van der Waals surface area contributed by atoms with Gasteiger partial charge in [-0.2, -0.15) is 18.3 Å². The molecule has 2 aliphatic rings. The molecule has 1 fully saturated rings. The molecule has 4 heterocycles. The molecule has 0 amide bonds. The molecule has 0 spiro atoms. The van der Waals surface area contributed by atoms with E-state index in [-0.39, 0.29) is 18.4 Å². The van der Waals surface area contributed by atoms with Crippen LogP contribution in [0.5, 0.6) is 11.5 Å². The van der Waals surface area contributed by atoms with Crippen molar-refractivity contribution in [3.8, 4) is 11.5 Å². The van der Waals surface area contributed by atoms with Crippen LogP contribution in [0.15, 0.2) is 24.3 Å². The smallest absolute Gasteiger partial charge is 0.433 e. The van der Waals surface area contributed by atoms with Crippen molar-refractivity contribution < 1.29 is 22.6 Å². The fraction of sp³-hybridized carbons (Fsp3) is 0.455. The van der Waals surface area contributed by atoms with Gasteiger partial charge < -0.3 is 9.47 Å². The number of fused-ring (bicyclic) bond motifs is 2. The Morgan fingerprint density at radius 1 is 1.10 bits per heavy atom. The zero-order chi connectivity index (χ0) is 21.8. The van der Waals surface area contributed by atoms with Crippen LogP contribution < -0.4 is 9.47 Å². The Bertz CT molecular complexity index is 1140. The summed E-state index contributed by atoms with van der Waals surface area (Å²) in [6, 6.07) is 6.75. The first kappa shape index (κ1) is 20.1. The van der Waals surface area contributed by atoms with Crippen LogP contribution in [0.25, 0.3) is 5.65 Å². The van der Waals surface area contributed by atoms with Crippen LogP contribution in [0.1, 0.15) is 47.0 Å². The largest absolute Gasteiger partial charge is 0.454 e. The molecule has 1 unspecified atom stereocenters. The third kappa shape index (κ3) is 3.82. The number of piperidine rings is 1. The summed E-state index contributed by atoms with van der Waals surface area (Å²) in [6.45, 7) is 6.27. The molecule has 164 valence electrons. The number of likely N-dealkylation sites (tertiary alicyclic amines) is 1. The number of aromatic nitrogens is 3. The Morgan fingerprint density at radius 2 is 1.87 bits per heavy atom. The van der Waals surface area contributed by atoms with Crippen LogP contribution in [0.2, 0.25) is 0 Å². The van der Waals surface area contributed by atoms with Gasteiger partial charge >= 0.3 is 6.18 Å². The lowest BCUT2D eigenvalue weighted by molar-refractivity contribution is -0.142. The van der Waals surface area contributed by atoms with E-state index in [1.54, 1.807) is 13.0 Å². The van der Waals surface area contributed by atoms with Crippen molar-refractivity contribution in [3.63, 3.8) is 0 Å². The molecular weight excluding hydrogens is 409 g/mol. The van der Waals surface area contributed by atoms with Crippen LogP contribution in [-0.2, 0) is 12.7 Å². The lowest BCUT2D eigenvalue weighted by atomic mass is 9.94. The standard InChI is InChI=1S/C22H23F3N4O2/c1-13-6-18-19(31-12-30-18)8-16(13)11-28-5-3-4-15(10-28)17-9-21-26-14(2)7-20(22(23,24)25)29(21)27-17/h6-9,15H,3-5,10-12H2,1-2H3. The predicted molar refractivity (Wildman–Crippen MR) is 107 cm³/mol. The Kier molecular flexibility index (Phi) is 4.80. The molecule has 5 rings (SSSR count). The van der Waals surface area contributed by atoms with Gasteiger partial charge in [-0.25, -0.2) is 9.50 Å². The molecule has 1 atom stereocenters. The van der Waals surface area contributed by atoms with Crippen molar-refractivity contribution in [2.24, 2.45) is 0 Å². The first-order valence-electron chi connectivity index (χ1n) is 10.3. The van der Waals surface area contributed by atoms with E-state index in [1.165, 1.54) is 0 Å². The van der Waals surface area contributed by atoms with Gasteiger partial charge in [0.1, 0.15) is 5.69 Å². The highest BCUT2D eigenvalue weighted by Gasteiger charge is 2.35. The molecule has 1 saturated heterocycles. The van der Waals surface area contributed by atoms with Gasteiger partial charge in [0.2, 0.25) is 6.79 Å². The average molecular weight is 432 g/mol. The second-order valence-corrected chi connectivity index (χ2v) is 8.33. The van der Waals surface area contributed by atoms with Crippen molar-refractivity contribution in [1.29, 1.82) is 0 Å². The fourth-order valence-electron chi connectivity index (χ4n) is 4.46. The summed E-state index contributed by atoms with van der Waals surface area (Å²) in [4.78, 5) is 6.58. The SMILES string of the molecule is Cc1cc(C(F)(F)F)n2nc(C3CCCN(Cc4cc5c(cc4C)OCO5)C3)cc2n1. The monoisotopic (exact) mass is 432 g/mol. The van der Waals surface area contributed by atoms with Crippen LogP contribution in [0, 0.1) is 13.8 Å². The normalized spacial score (nSPS) is 19.3. The summed E-state index contributed by atoms with van der Waals surface area (Å²) in [5, 5.41) is 4.32. The first-order chi connectivity index (χ1) is 14.8. The maximum Gasteiger partial charge on any atom is 0.433 e. The van der Waals surface area contributed by atoms with Gasteiger partial charge in [0, 0.05) is 30.8 Å². The molecule has 2 aromatic heterocycles. The molecule has 0 N–H and O–H groups in total. The summed E-state index contributed by atoms with van der Waals surface area (Å²) < 4.78 is 52.3. The maximum absolute atomic E-state index is 13.5. The van der Waals surface area contributed by atoms with E-state index in [0.29, 0.717) is 11.4 Å². The van der Waals surface area contributed by atoms with Gasteiger partial charge in [-0.05, 0) is 62.6 Å². The Morgan fingerprint density at radius 3 is 2.65 bits per heavy atom. The highest BCUT2D eigenvalue weighted by Crippen LogP contribution is 2.36. The van der Waals surface area contributed by atoms with Crippen molar-refractivity contribution in [1.82, 2.24) is 19.5 Å². The number of rotatable bonds is 3. The first-order valence-corrected chi connectivity index (χ1v) is 10.3. The minimum atomic E-state index is -4.48. The van der Waals surface area contributed by atoms with Crippen molar-refractivity contribution in [3.05, 3.63) is 52.5 Å². The Hall–Kier alpha value is -2.81. The number of hydrogen-bond donors (Lipinski definition) is 0. The minimum absolute atomic E-state index is 0.0613. The summed E-state index contributed by atoms with van der Waals surface area (Å²) in [6.07, 6.45) is -2.63. The third-order valence-corrected chi connectivity index (χ3v) is 6.01. The average Bonchev–Trinajstić information content (AvgIpc) is 3.33. The zero-order valence-electron chi connectivity index (χ0n) is 17.4. The van der Waals surface area contributed by atoms with Gasteiger partial charge in [0.25, 0.3) is 0 Å². The van der Waals surface area contributed by atoms with Gasteiger partial charge in [-0.15, -0.1) is 0 Å². The van der Waals surface area contributed by atoms with E-state index in [0.717, 1.165) is 65.7 Å². The van der Waals surface area contributed by atoms with Crippen molar-refractivity contribution in [2.45, 2.75) is 45.3 Å². The number of alkyl halides is 3. The summed E-state index contributed by atoms with van der Waals surface area (Å²) in [5.74, 6) is 1.59. The minimum Gasteiger partial charge on any atom is -0.454 e. The van der Waals surface area contributed by atoms with E-state index in [1.807, 2.05) is 19.1 Å². The molecule has 0 aliphatic carbocycles. The molecule has 1 aromatic carbocycles. The molecule has 0 radical (unpaired) electrons. The Labute approximate surface area is 177 Å². The summed E-state index contributed by atoms with van der Waals surface area (Å²) >= 11 is 0. The maximum atomic E-state index is 13.5. The van der Waals surface area contributed by atoms with E-state index in [2.05, 4.69) is 15.0 Å². The summed E-state index contributed by atoms with van der Waals surface area (Å²) in [5.41, 5.74) is 2.74. The topological polar surface area (TPSA) is 51.9 Å². The second-order valence-electron chi connectivity index (χ2n) is 8.33.